The van der Waals surface area contributed by atoms with Crippen LogP contribution in [0.1, 0.15) is 49.9 Å². The first-order valence-corrected chi connectivity index (χ1v) is 10.3. The number of esters is 1. The lowest BCUT2D eigenvalue weighted by molar-refractivity contribution is 0.0526. The quantitative estimate of drug-likeness (QED) is 0.517. The maximum absolute atomic E-state index is 12.4. The SMILES string of the molecule is CCNC(=S)N1[C@H]2CC[C@H]1CC(NC(=O)Nc1ccc(C(=O)OCC)cc1)C2. The van der Waals surface area contributed by atoms with Crippen LogP contribution in [0.3, 0.4) is 0 Å². The van der Waals surface area contributed by atoms with Crippen LogP contribution in [0.2, 0.25) is 0 Å². The molecule has 2 saturated heterocycles. The third kappa shape index (κ3) is 4.73. The van der Waals surface area contributed by atoms with E-state index in [0.717, 1.165) is 37.3 Å². The number of piperidine rings is 1. The number of benzene rings is 1. The Morgan fingerprint density at radius 3 is 2.36 bits per heavy atom. The van der Waals surface area contributed by atoms with Crippen LogP contribution in [0, 0.1) is 0 Å². The summed E-state index contributed by atoms with van der Waals surface area (Å²) in [5, 5.41) is 10.0. The summed E-state index contributed by atoms with van der Waals surface area (Å²) >= 11 is 5.51. The van der Waals surface area contributed by atoms with Gasteiger partial charge in [-0.15, -0.1) is 0 Å². The van der Waals surface area contributed by atoms with Gasteiger partial charge in [-0.25, -0.2) is 9.59 Å². The number of carbonyl (C=O) groups is 2. The fraction of sp³-hybridized carbons (Fsp3) is 0.550. The van der Waals surface area contributed by atoms with Crippen molar-refractivity contribution >= 4 is 35.0 Å². The molecule has 0 aromatic heterocycles. The van der Waals surface area contributed by atoms with Crippen molar-refractivity contribution in [2.75, 3.05) is 18.5 Å². The number of nitrogens with one attached hydrogen (secondary N) is 3. The van der Waals surface area contributed by atoms with Gasteiger partial charge >= 0.3 is 12.0 Å². The number of urea groups is 1. The third-order valence-electron chi connectivity index (χ3n) is 5.28. The molecule has 2 atom stereocenters. The summed E-state index contributed by atoms with van der Waals surface area (Å²) in [6.45, 7) is 4.98. The van der Waals surface area contributed by atoms with E-state index in [1.807, 2.05) is 6.92 Å². The summed E-state index contributed by atoms with van der Waals surface area (Å²) in [5.41, 5.74) is 1.10. The molecule has 3 N–H and O–H groups in total. The molecule has 2 bridgehead atoms. The number of rotatable bonds is 5. The van der Waals surface area contributed by atoms with Crippen molar-refractivity contribution in [3.63, 3.8) is 0 Å². The number of carbonyl (C=O) groups excluding carboxylic acids is 2. The Morgan fingerprint density at radius 1 is 1.14 bits per heavy atom. The Hall–Kier alpha value is -2.35. The summed E-state index contributed by atoms with van der Waals surface area (Å²) in [7, 11) is 0. The van der Waals surface area contributed by atoms with Crippen LogP contribution in [-0.4, -0.2) is 53.3 Å². The highest BCUT2D eigenvalue weighted by molar-refractivity contribution is 7.80. The minimum atomic E-state index is -0.365. The second kappa shape index (κ2) is 9.23. The van der Waals surface area contributed by atoms with E-state index in [2.05, 4.69) is 20.9 Å². The maximum atomic E-state index is 12.4. The molecule has 7 nitrogen and oxygen atoms in total. The number of anilines is 1. The largest absolute Gasteiger partial charge is 0.462 e. The van der Waals surface area contributed by atoms with Gasteiger partial charge in [0.1, 0.15) is 0 Å². The van der Waals surface area contributed by atoms with E-state index in [1.165, 1.54) is 0 Å². The number of fused-ring (bicyclic) bond motifs is 2. The van der Waals surface area contributed by atoms with Gasteiger partial charge in [-0.05, 0) is 76.0 Å². The van der Waals surface area contributed by atoms with Gasteiger partial charge in [-0.3, -0.25) is 0 Å². The van der Waals surface area contributed by atoms with Crippen molar-refractivity contribution in [2.45, 2.75) is 57.7 Å². The molecule has 0 spiro atoms. The molecular formula is C20H28N4O3S. The second-order valence-corrected chi connectivity index (χ2v) is 7.58. The molecule has 1 aromatic rings. The Kier molecular flexibility index (Phi) is 6.72. The predicted molar refractivity (Wildman–Crippen MR) is 112 cm³/mol. The van der Waals surface area contributed by atoms with Crippen molar-refractivity contribution < 1.29 is 14.3 Å². The zero-order valence-corrected chi connectivity index (χ0v) is 17.2. The maximum Gasteiger partial charge on any atom is 0.338 e. The predicted octanol–water partition coefficient (Wildman–Crippen LogP) is 2.87. The molecule has 2 amide bonds. The minimum Gasteiger partial charge on any atom is -0.462 e. The molecule has 28 heavy (non-hydrogen) atoms. The highest BCUT2D eigenvalue weighted by Gasteiger charge is 2.42. The van der Waals surface area contributed by atoms with Gasteiger partial charge in [0.15, 0.2) is 5.11 Å². The van der Waals surface area contributed by atoms with Crippen molar-refractivity contribution in [1.29, 1.82) is 0 Å². The first-order chi connectivity index (χ1) is 13.5. The molecule has 0 radical (unpaired) electrons. The van der Waals surface area contributed by atoms with E-state index in [4.69, 9.17) is 17.0 Å². The first-order valence-electron chi connectivity index (χ1n) is 9.92. The summed E-state index contributed by atoms with van der Waals surface area (Å²) in [6, 6.07) is 7.38. The molecule has 0 unspecified atom stereocenters. The third-order valence-corrected chi connectivity index (χ3v) is 5.64. The van der Waals surface area contributed by atoms with E-state index in [9.17, 15) is 9.59 Å². The van der Waals surface area contributed by atoms with Gasteiger partial charge in [-0.2, -0.15) is 0 Å². The second-order valence-electron chi connectivity index (χ2n) is 7.19. The minimum absolute atomic E-state index is 0.136. The number of hydrogen-bond acceptors (Lipinski definition) is 4. The van der Waals surface area contributed by atoms with Crippen LogP contribution < -0.4 is 16.0 Å². The van der Waals surface area contributed by atoms with E-state index in [-0.39, 0.29) is 18.0 Å². The van der Waals surface area contributed by atoms with Crippen LogP contribution in [0.4, 0.5) is 10.5 Å². The smallest absolute Gasteiger partial charge is 0.338 e. The van der Waals surface area contributed by atoms with Crippen molar-refractivity contribution in [2.24, 2.45) is 0 Å². The van der Waals surface area contributed by atoms with E-state index in [1.54, 1.807) is 31.2 Å². The first kappa shape index (κ1) is 20.4. The molecule has 3 rings (SSSR count). The molecule has 0 saturated carbocycles. The fourth-order valence-corrected chi connectivity index (χ4v) is 4.57. The summed E-state index contributed by atoms with van der Waals surface area (Å²) in [4.78, 5) is 26.4. The van der Waals surface area contributed by atoms with Crippen LogP contribution in [0.25, 0.3) is 0 Å². The van der Waals surface area contributed by atoms with E-state index >= 15 is 0 Å². The topological polar surface area (TPSA) is 82.7 Å². The number of hydrogen-bond donors (Lipinski definition) is 3. The van der Waals surface area contributed by atoms with Gasteiger partial charge in [0.25, 0.3) is 0 Å². The van der Waals surface area contributed by atoms with Gasteiger partial charge < -0.3 is 25.6 Å². The Balaban J connectivity index is 1.51. The van der Waals surface area contributed by atoms with Crippen molar-refractivity contribution in [1.82, 2.24) is 15.5 Å². The lowest BCUT2D eigenvalue weighted by Gasteiger charge is -2.40. The Labute approximate surface area is 171 Å². The Bertz CT molecular complexity index is 711. The average Bonchev–Trinajstić information content (AvgIpc) is 2.93. The summed E-state index contributed by atoms with van der Waals surface area (Å²) in [6.07, 6.45) is 4.03. The highest BCUT2D eigenvalue weighted by atomic mass is 32.1. The van der Waals surface area contributed by atoms with E-state index < -0.39 is 0 Å². The zero-order valence-electron chi connectivity index (χ0n) is 16.4. The molecule has 2 aliphatic heterocycles. The highest BCUT2D eigenvalue weighted by Crippen LogP contribution is 2.35. The molecular weight excluding hydrogens is 376 g/mol. The number of thiocarbonyl (C=S) groups is 1. The number of ether oxygens (including phenoxy) is 1. The van der Waals surface area contributed by atoms with Gasteiger partial charge in [0.05, 0.1) is 12.2 Å². The fourth-order valence-electron chi connectivity index (χ4n) is 4.13. The Morgan fingerprint density at radius 2 is 1.79 bits per heavy atom. The zero-order chi connectivity index (χ0) is 20.1. The molecule has 152 valence electrons. The average molecular weight is 405 g/mol. The standard InChI is InChI=1S/C20H28N4O3S/c1-3-21-20(28)24-16-9-10-17(24)12-15(11-16)23-19(26)22-14-7-5-13(6-8-14)18(25)27-4-2/h5-8,15-17H,3-4,9-12H2,1-2H3,(H,21,28)(H2,22,23,26)/t16-,17-/m0/s1. The van der Waals surface area contributed by atoms with Gasteiger partial charge in [-0.1, -0.05) is 0 Å². The van der Waals surface area contributed by atoms with Gasteiger partial charge in [0.2, 0.25) is 0 Å². The van der Waals surface area contributed by atoms with Crippen LogP contribution >= 0.6 is 12.2 Å². The van der Waals surface area contributed by atoms with Crippen LogP contribution in [0.5, 0.6) is 0 Å². The molecule has 0 aliphatic carbocycles. The molecule has 2 fully saturated rings. The monoisotopic (exact) mass is 404 g/mol. The van der Waals surface area contributed by atoms with E-state index in [0.29, 0.717) is 29.9 Å². The lowest BCUT2D eigenvalue weighted by Crippen LogP contribution is -2.55. The molecule has 2 aliphatic rings. The molecule has 8 heteroatoms. The van der Waals surface area contributed by atoms with Crippen LogP contribution in [0.15, 0.2) is 24.3 Å². The number of nitrogens with zero attached hydrogens (tertiary/aromatic N) is 1. The van der Waals surface area contributed by atoms with Crippen molar-refractivity contribution in [3.8, 4) is 0 Å². The molecule has 1 aromatic carbocycles. The molecule has 2 heterocycles. The number of amides is 2. The normalized spacial score (nSPS) is 23.1. The lowest BCUT2D eigenvalue weighted by atomic mass is 9.98. The van der Waals surface area contributed by atoms with Crippen molar-refractivity contribution in [3.05, 3.63) is 29.8 Å². The van der Waals surface area contributed by atoms with Crippen LogP contribution in [-0.2, 0) is 4.74 Å². The summed E-state index contributed by atoms with van der Waals surface area (Å²) in [5.74, 6) is -0.365. The summed E-state index contributed by atoms with van der Waals surface area (Å²) < 4.78 is 4.96. The van der Waals surface area contributed by atoms with Gasteiger partial charge in [0, 0.05) is 30.4 Å².